The average molecular weight is 553 g/mol. The Kier molecular flexibility index (Phi) is 14.8. The molecule has 38 heavy (non-hydrogen) atoms. The van der Waals surface area contributed by atoms with Crippen LogP contribution in [0.5, 0.6) is 0 Å². The zero-order chi connectivity index (χ0) is 28.8. The van der Waals surface area contributed by atoms with Gasteiger partial charge in [0.05, 0.1) is 6.61 Å². The van der Waals surface area contributed by atoms with Gasteiger partial charge in [-0.05, 0) is 43.6 Å². The number of carbonyl (C=O) groups is 5. The minimum absolute atomic E-state index is 0.00132. The molecule has 0 aromatic heterocycles. The van der Waals surface area contributed by atoms with Crippen LogP contribution in [0.2, 0.25) is 0 Å². The molecule has 1 heterocycles. The first-order valence-corrected chi connectivity index (χ1v) is 14.5. The normalized spacial score (nSPS) is 26.1. The summed E-state index contributed by atoms with van der Waals surface area (Å²) in [6.45, 7) is 10.4. The molecule has 1 fully saturated rings. The number of carbonyl (C=O) groups excluding carboxylic acids is 5. The summed E-state index contributed by atoms with van der Waals surface area (Å²) in [7, 11) is 0. The molecular formula is C27H44N4O6S. The summed E-state index contributed by atoms with van der Waals surface area (Å²) in [5.74, 6) is -2.79. The first-order valence-electron chi connectivity index (χ1n) is 13.1. The number of nitrogens with one attached hydrogen (secondary N) is 4. The molecule has 0 aromatic carbocycles. The molecule has 0 saturated carbocycles. The zero-order valence-corrected chi connectivity index (χ0v) is 24.4. The number of esters is 1. The van der Waals surface area contributed by atoms with E-state index in [1.54, 1.807) is 53.3 Å². The topological polar surface area (TPSA) is 143 Å². The molecule has 214 valence electrons. The fraction of sp³-hybridized carbons (Fsp3) is 0.667. The summed E-state index contributed by atoms with van der Waals surface area (Å²) < 4.78 is 5.55. The van der Waals surface area contributed by atoms with Crippen LogP contribution < -0.4 is 21.3 Å². The summed E-state index contributed by atoms with van der Waals surface area (Å²) in [5.41, 5.74) is -0.0474. The Labute approximate surface area is 230 Å². The van der Waals surface area contributed by atoms with Crippen LogP contribution in [-0.4, -0.2) is 66.3 Å². The smallest absolute Gasteiger partial charge is 0.328 e. The van der Waals surface area contributed by atoms with Crippen molar-refractivity contribution < 1.29 is 28.7 Å². The first-order chi connectivity index (χ1) is 17.9. The van der Waals surface area contributed by atoms with Crippen LogP contribution in [0.4, 0.5) is 0 Å². The standard InChI is InChI=1S/C27H44N4O6S/c1-8-19-24(33)28-20(9-2)25(34)31-23(17(5)6)27(36)37-15-18(12-10-11-13-38-7)14-21(32)30-22(16(3)4)26(35)29-19/h9-10,12,16-19,22-23H,8,11,13-15H2,1-7H3,(H,28,33)(H,29,35)(H,30,32)(H,31,34)/b12-10+,20-9-/t18-,19-,22-,23+/m1/s1. The molecule has 0 aliphatic carbocycles. The predicted octanol–water partition coefficient (Wildman–Crippen LogP) is 2.06. The largest absolute Gasteiger partial charge is 0.464 e. The van der Waals surface area contributed by atoms with Gasteiger partial charge in [0.15, 0.2) is 0 Å². The third kappa shape index (κ3) is 10.9. The molecule has 11 heteroatoms. The van der Waals surface area contributed by atoms with E-state index < -0.39 is 47.7 Å². The SMILES string of the molecule is C/C=C1\NC(=O)[C@@H](CC)NC(=O)[C@@H](C(C)C)NC(=O)C[C@@H](/C=C/CCSC)COC(=O)[C@H](C(C)C)NC1=O. The quantitative estimate of drug-likeness (QED) is 0.164. The summed E-state index contributed by atoms with van der Waals surface area (Å²) in [6.07, 6.45) is 8.27. The van der Waals surface area contributed by atoms with Crippen LogP contribution in [0, 0.1) is 17.8 Å². The maximum absolute atomic E-state index is 13.1. The summed E-state index contributed by atoms with van der Waals surface area (Å²) in [5, 5.41) is 10.7. The second-order valence-electron chi connectivity index (χ2n) is 9.95. The Morgan fingerprint density at radius 3 is 2.18 bits per heavy atom. The number of ether oxygens (including phenoxy) is 1. The van der Waals surface area contributed by atoms with E-state index in [4.69, 9.17) is 4.74 Å². The minimum atomic E-state index is -0.966. The van der Waals surface area contributed by atoms with Gasteiger partial charge in [0.1, 0.15) is 23.8 Å². The minimum Gasteiger partial charge on any atom is -0.464 e. The summed E-state index contributed by atoms with van der Waals surface area (Å²) in [4.78, 5) is 64.9. The molecule has 10 nitrogen and oxygen atoms in total. The Morgan fingerprint density at radius 2 is 1.63 bits per heavy atom. The van der Waals surface area contributed by atoms with Gasteiger partial charge >= 0.3 is 5.97 Å². The van der Waals surface area contributed by atoms with Crippen molar-refractivity contribution in [2.24, 2.45) is 17.8 Å². The third-order valence-corrected chi connectivity index (χ3v) is 6.73. The van der Waals surface area contributed by atoms with Gasteiger partial charge in [0, 0.05) is 12.3 Å². The Hall–Kier alpha value is -2.82. The monoisotopic (exact) mass is 552 g/mol. The second-order valence-corrected chi connectivity index (χ2v) is 10.9. The van der Waals surface area contributed by atoms with Gasteiger partial charge in [0.25, 0.3) is 5.91 Å². The van der Waals surface area contributed by atoms with Crippen LogP contribution in [0.25, 0.3) is 0 Å². The maximum Gasteiger partial charge on any atom is 0.328 e. The lowest BCUT2D eigenvalue weighted by atomic mass is 10.0. The molecule has 4 amide bonds. The highest BCUT2D eigenvalue weighted by atomic mass is 32.2. The molecule has 0 unspecified atom stereocenters. The third-order valence-electron chi connectivity index (χ3n) is 6.09. The molecular weight excluding hydrogens is 508 g/mol. The van der Waals surface area contributed by atoms with E-state index in [0.29, 0.717) is 0 Å². The number of hydrogen-bond donors (Lipinski definition) is 4. The predicted molar refractivity (Wildman–Crippen MR) is 149 cm³/mol. The lowest BCUT2D eigenvalue weighted by Crippen LogP contribution is -2.55. The molecule has 0 spiro atoms. The summed E-state index contributed by atoms with van der Waals surface area (Å²) in [6, 6.07) is -2.78. The van der Waals surface area contributed by atoms with E-state index in [-0.39, 0.29) is 42.9 Å². The van der Waals surface area contributed by atoms with Crippen LogP contribution in [0.3, 0.4) is 0 Å². The van der Waals surface area contributed by atoms with Crippen LogP contribution in [0.15, 0.2) is 23.9 Å². The fourth-order valence-electron chi connectivity index (χ4n) is 3.75. The molecule has 1 aliphatic rings. The van der Waals surface area contributed by atoms with Gasteiger partial charge in [-0.25, -0.2) is 4.79 Å². The summed E-state index contributed by atoms with van der Waals surface area (Å²) >= 11 is 1.69. The van der Waals surface area contributed by atoms with Crippen molar-refractivity contribution in [1.29, 1.82) is 0 Å². The molecule has 1 aliphatic heterocycles. The Morgan fingerprint density at radius 1 is 0.974 bits per heavy atom. The highest BCUT2D eigenvalue weighted by Crippen LogP contribution is 2.13. The molecule has 4 atom stereocenters. The van der Waals surface area contributed by atoms with Gasteiger partial charge in [0.2, 0.25) is 17.7 Å². The van der Waals surface area contributed by atoms with E-state index in [1.165, 1.54) is 6.08 Å². The Balaban J connectivity index is 3.38. The van der Waals surface area contributed by atoms with Crippen molar-refractivity contribution in [2.75, 3.05) is 18.6 Å². The van der Waals surface area contributed by atoms with Gasteiger partial charge in [-0.1, -0.05) is 52.8 Å². The molecule has 1 rings (SSSR count). The van der Waals surface area contributed by atoms with Gasteiger partial charge in [-0.3, -0.25) is 19.2 Å². The maximum atomic E-state index is 13.1. The van der Waals surface area contributed by atoms with Crippen molar-refractivity contribution in [3.63, 3.8) is 0 Å². The second kappa shape index (κ2) is 16.9. The number of hydrogen-bond acceptors (Lipinski definition) is 7. The molecule has 4 N–H and O–H groups in total. The van der Waals surface area contributed by atoms with Crippen molar-refractivity contribution in [3.05, 3.63) is 23.9 Å². The average Bonchev–Trinajstić information content (AvgIpc) is 2.86. The van der Waals surface area contributed by atoms with E-state index in [9.17, 15) is 24.0 Å². The number of thioether (sulfide) groups is 1. The van der Waals surface area contributed by atoms with E-state index in [2.05, 4.69) is 21.3 Å². The van der Waals surface area contributed by atoms with Crippen LogP contribution in [0.1, 0.15) is 60.8 Å². The fourth-order valence-corrected chi connectivity index (χ4v) is 4.12. The van der Waals surface area contributed by atoms with E-state index in [0.717, 1.165) is 12.2 Å². The van der Waals surface area contributed by atoms with Crippen molar-refractivity contribution in [2.45, 2.75) is 78.9 Å². The molecule has 0 aromatic rings. The molecule has 0 radical (unpaired) electrons. The highest BCUT2D eigenvalue weighted by molar-refractivity contribution is 7.98. The van der Waals surface area contributed by atoms with E-state index in [1.807, 2.05) is 18.4 Å². The van der Waals surface area contributed by atoms with Gasteiger partial charge in [-0.15, -0.1) is 0 Å². The lowest BCUT2D eigenvalue weighted by molar-refractivity contribution is -0.150. The number of allylic oxidation sites excluding steroid dienone is 2. The number of amides is 4. The van der Waals surface area contributed by atoms with Crippen molar-refractivity contribution in [3.8, 4) is 0 Å². The number of cyclic esters (lactones) is 1. The Bertz CT molecular complexity index is 902. The first kappa shape index (κ1) is 33.2. The lowest BCUT2D eigenvalue weighted by Gasteiger charge is -2.25. The van der Waals surface area contributed by atoms with Gasteiger partial charge in [-0.2, -0.15) is 11.8 Å². The molecule has 0 bridgehead atoms. The van der Waals surface area contributed by atoms with E-state index >= 15 is 0 Å². The number of rotatable bonds is 7. The highest BCUT2D eigenvalue weighted by Gasteiger charge is 2.32. The van der Waals surface area contributed by atoms with Gasteiger partial charge < -0.3 is 26.0 Å². The molecule has 1 saturated heterocycles. The van der Waals surface area contributed by atoms with Crippen molar-refractivity contribution >= 4 is 41.4 Å². The van der Waals surface area contributed by atoms with Crippen LogP contribution >= 0.6 is 11.8 Å². The van der Waals surface area contributed by atoms with Crippen molar-refractivity contribution in [1.82, 2.24) is 21.3 Å². The zero-order valence-electron chi connectivity index (χ0n) is 23.6. The van der Waals surface area contributed by atoms with Crippen LogP contribution in [-0.2, 0) is 28.7 Å².